The zero-order valence-corrected chi connectivity index (χ0v) is 12.1. The van der Waals surface area contributed by atoms with Gasteiger partial charge in [-0.1, -0.05) is 31.2 Å². The fraction of sp³-hybridized carbons (Fsp3) is 0.562. The van der Waals surface area contributed by atoms with E-state index in [1.54, 1.807) is 0 Å². The molecule has 2 rings (SSSR count). The van der Waals surface area contributed by atoms with Gasteiger partial charge in [-0.2, -0.15) is 0 Å². The van der Waals surface area contributed by atoms with Crippen LogP contribution in [0.4, 0.5) is 0 Å². The van der Waals surface area contributed by atoms with Gasteiger partial charge in [-0.25, -0.2) is 0 Å². The van der Waals surface area contributed by atoms with Gasteiger partial charge in [0.05, 0.1) is 11.5 Å². The smallest absolute Gasteiger partial charge is 0.227 e. The molecular formula is C16H24N2O. The van der Waals surface area contributed by atoms with Crippen LogP contribution in [-0.2, 0) is 4.79 Å². The average Bonchev–Trinajstić information content (AvgIpc) is 2.34. The monoisotopic (exact) mass is 260 g/mol. The van der Waals surface area contributed by atoms with E-state index in [0.29, 0.717) is 12.5 Å². The number of carbonyl (C=O) groups is 1. The molecule has 0 aliphatic heterocycles. The molecule has 1 atom stereocenters. The maximum atomic E-state index is 12.4. The molecule has 19 heavy (non-hydrogen) atoms. The molecule has 3 nitrogen and oxygen atoms in total. The van der Waals surface area contributed by atoms with Gasteiger partial charge in [0.25, 0.3) is 0 Å². The first kappa shape index (κ1) is 14.1. The van der Waals surface area contributed by atoms with E-state index >= 15 is 0 Å². The first-order valence-corrected chi connectivity index (χ1v) is 7.05. The number of rotatable bonds is 4. The molecular weight excluding hydrogens is 236 g/mol. The molecule has 0 heterocycles. The van der Waals surface area contributed by atoms with Crippen molar-refractivity contribution in [1.82, 2.24) is 5.32 Å². The van der Waals surface area contributed by atoms with E-state index in [4.69, 9.17) is 5.73 Å². The number of aryl methyl sites for hydroxylation is 1. The number of hydrogen-bond donors (Lipinski definition) is 2. The average molecular weight is 260 g/mol. The second-order valence-corrected chi connectivity index (χ2v) is 6.05. The molecule has 0 saturated heterocycles. The molecule has 3 N–H and O–H groups in total. The van der Waals surface area contributed by atoms with E-state index in [9.17, 15) is 4.79 Å². The molecule has 0 spiro atoms. The number of amides is 1. The second-order valence-electron chi connectivity index (χ2n) is 6.05. The Hall–Kier alpha value is -1.35. The molecule has 1 unspecified atom stereocenters. The summed E-state index contributed by atoms with van der Waals surface area (Å²) in [7, 11) is 0. The highest BCUT2D eigenvalue weighted by atomic mass is 16.2. The third-order valence-electron chi connectivity index (χ3n) is 4.35. The van der Waals surface area contributed by atoms with Crippen molar-refractivity contribution in [3.63, 3.8) is 0 Å². The van der Waals surface area contributed by atoms with Gasteiger partial charge in [0.2, 0.25) is 5.91 Å². The number of hydrogen-bond acceptors (Lipinski definition) is 2. The summed E-state index contributed by atoms with van der Waals surface area (Å²) in [6, 6.07) is 8.20. The molecule has 1 saturated carbocycles. The lowest BCUT2D eigenvalue weighted by atomic mass is 9.62. The van der Waals surface area contributed by atoms with E-state index in [-0.39, 0.29) is 17.4 Å². The Morgan fingerprint density at radius 1 is 1.47 bits per heavy atom. The van der Waals surface area contributed by atoms with E-state index in [1.807, 2.05) is 19.1 Å². The first-order chi connectivity index (χ1) is 8.98. The molecule has 0 aromatic heterocycles. The van der Waals surface area contributed by atoms with Crippen molar-refractivity contribution in [3.05, 3.63) is 35.4 Å². The topological polar surface area (TPSA) is 55.1 Å². The summed E-state index contributed by atoms with van der Waals surface area (Å²) in [4.78, 5) is 12.4. The summed E-state index contributed by atoms with van der Waals surface area (Å²) < 4.78 is 0. The maximum Gasteiger partial charge on any atom is 0.227 e. The predicted molar refractivity (Wildman–Crippen MR) is 77.6 cm³/mol. The lowest BCUT2D eigenvalue weighted by Gasteiger charge is -2.44. The summed E-state index contributed by atoms with van der Waals surface area (Å²) in [6.07, 6.45) is 1.83. The summed E-state index contributed by atoms with van der Waals surface area (Å²) in [6.45, 7) is 6.73. The Morgan fingerprint density at radius 3 is 2.63 bits per heavy atom. The molecule has 1 aromatic carbocycles. The van der Waals surface area contributed by atoms with Crippen LogP contribution < -0.4 is 11.1 Å². The van der Waals surface area contributed by atoms with Crippen molar-refractivity contribution in [2.45, 2.75) is 39.7 Å². The normalized spacial score (nSPS) is 27.5. The molecule has 1 fully saturated rings. The SMILES string of the molecule is Cc1ccccc1C(C)NC(=O)C1(CN)CC(C)C1. The predicted octanol–water partition coefficient (Wildman–Crippen LogP) is 2.55. The minimum absolute atomic E-state index is 0.0352. The largest absolute Gasteiger partial charge is 0.349 e. The Kier molecular flexibility index (Phi) is 3.95. The third-order valence-corrected chi connectivity index (χ3v) is 4.35. The van der Waals surface area contributed by atoms with Crippen LogP contribution in [0.15, 0.2) is 24.3 Å². The summed E-state index contributed by atoms with van der Waals surface area (Å²) in [5.74, 6) is 0.729. The Balaban J connectivity index is 2.05. The molecule has 1 aliphatic carbocycles. The van der Waals surface area contributed by atoms with E-state index in [0.717, 1.165) is 12.8 Å². The van der Waals surface area contributed by atoms with Crippen LogP contribution in [0.2, 0.25) is 0 Å². The van der Waals surface area contributed by atoms with Crippen molar-refractivity contribution in [3.8, 4) is 0 Å². The van der Waals surface area contributed by atoms with Gasteiger partial charge < -0.3 is 11.1 Å². The van der Waals surface area contributed by atoms with Crippen molar-refractivity contribution in [2.75, 3.05) is 6.54 Å². The molecule has 104 valence electrons. The van der Waals surface area contributed by atoms with Crippen LogP contribution in [0.25, 0.3) is 0 Å². The molecule has 1 amide bonds. The molecule has 3 heteroatoms. The quantitative estimate of drug-likeness (QED) is 0.874. The highest BCUT2D eigenvalue weighted by Crippen LogP contribution is 2.45. The van der Waals surface area contributed by atoms with Gasteiger partial charge in [0, 0.05) is 6.54 Å². The minimum atomic E-state index is -0.323. The Bertz CT molecular complexity index is 464. The van der Waals surface area contributed by atoms with E-state index < -0.39 is 0 Å². The van der Waals surface area contributed by atoms with Gasteiger partial charge in [0.1, 0.15) is 0 Å². The van der Waals surface area contributed by atoms with Crippen LogP contribution in [0, 0.1) is 18.3 Å². The van der Waals surface area contributed by atoms with E-state index in [2.05, 4.69) is 31.3 Å². The summed E-state index contributed by atoms with van der Waals surface area (Å²) >= 11 is 0. The second kappa shape index (κ2) is 5.33. The maximum absolute atomic E-state index is 12.4. The third kappa shape index (κ3) is 2.66. The van der Waals surface area contributed by atoms with Crippen molar-refractivity contribution in [2.24, 2.45) is 17.1 Å². The number of benzene rings is 1. The summed E-state index contributed by atoms with van der Waals surface area (Å²) in [5, 5.41) is 3.13. The van der Waals surface area contributed by atoms with Crippen molar-refractivity contribution < 1.29 is 4.79 Å². The molecule has 1 aliphatic rings. The fourth-order valence-electron chi connectivity index (χ4n) is 3.22. The van der Waals surface area contributed by atoms with Crippen LogP contribution in [0.3, 0.4) is 0 Å². The van der Waals surface area contributed by atoms with Crippen LogP contribution >= 0.6 is 0 Å². The first-order valence-electron chi connectivity index (χ1n) is 7.05. The van der Waals surface area contributed by atoms with Crippen LogP contribution in [0.5, 0.6) is 0 Å². The Morgan fingerprint density at radius 2 is 2.11 bits per heavy atom. The zero-order chi connectivity index (χ0) is 14.0. The molecule has 0 bridgehead atoms. The highest BCUT2D eigenvalue weighted by molar-refractivity contribution is 5.84. The van der Waals surface area contributed by atoms with Gasteiger partial charge in [0.15, 0.2) is 0 Å². The minimum Gasteiger partial charge on any atom is -0.349 e. The molecule has 0 radical (unpaired) electrons. The number of nitrogens with two attached hydrogens (primary N) is 1. The van der Waals surface area contributed by atoms with Gasteiger partial charge in [-0.15, -0.1) is 0 Å². The lowest BCUT2D eigenvalue weighted by molar-refractivity contribution is -0.138. The summed E-state index contributed by atoms with van der Waals surface area (Å²) in [5.41, 5.74) is 7.88. The van der Waals surface area contributed by atoms with Gasteiger partial charge >= 0.3 is 0 Å². The van der Waals surface area contributed by atoms with Gasteiger partial charge in [-0.3, -0.25) is 4.79 Å². The fourth-order valence-corrected chi connectivity index (χ4v) is 3.22. The number of nitrogens with one attached hydrogen (secondary N) is 1. The number of carbonyl (C=O) groups excluding carboxylic acids is 1. The molecule has 1 aromatic rings. The van der Waals surface area contributed by atoms with Crippen molar-refractivity contribution in [1.29, 1.82) is 0 Å². The van der Waals surface area contributed by atoms with Gasteiger partial charge in [-0.05, 0) is 43.7 Å². The van der Waals surface area contributed by atoms with Crippen LogP contribution in [-0.4, -0.2) is 12.5 Å². The Labute approximate surface area is 115 Å². The van der Waals surface area contributed by atoms with Crippen LogP contribution in [0.1, 0.15) is 43.9 Å². The highest BCUT2D eigenvalue weighted by Gasteiger charge is 2.47. The lowest BCUT2D eigenvalue weighted by Crippen LogP contribution is -2.53. The standard InChI is InChI=1S/C16H24N2O/c1-11-8-16(9-11,10-17)15(19)18-13(3)14-7-5-4-6-12(14)2/h4-7,11,13H,8-10,17H2,1-3H3,(H,18,19). The van der Waals surface area contributed by atoms with Crippen molar-refractivity contribution >= 4 is 5.91 Å². The zero-order valence-electron chi connectivity index (χ0n) is 12.1. The van der Waals surface area contributed by atoms with E-state index in [1.165, 1.54) is 11.1 Å².